The highest BCUT2D eigenvalue weighted by molar-refractivity contribution is 7.16. The van der Waals surface area contributed by atoms with Crippen LogP contribution < -0.4 is 0 Å². The first-order valence-electron chi connectivity index (χ1n) is 10.1. The first-order chi connectivity index (χ1) is 13.7. The highest BCUT2D eigenvalue weighted by Gasteiger charge is 2.25. The van der Waals surface area contributed by atoms with Crippen LogP contribution in [0.2, 0.25) is 0 Å². The van der Waals surface area contributed by atoms with Crippen LogP contribution in [0.5, 0.6) is 0 Å². The summed E-state index contributed by atoms with van der Waals surface area (Å²) < 4.78 is 1.22. The van der Waals surface area contributed by atoms with E-state index in [0.717, 1.165) is 17.9 Å². The zero-order valence-corrected chi connectivity index (χ0v) is 16.9. The maximum Gasteiger partial charge on any atom is 0.0812 e. The number of allylic oxidation sites excluding steroid dienone is 4. The van der Waals surface area contributed by atoms with Crippen LogP contribution in [-0.4, -0.2) is 10.7 Å². The Labute approximate surface area is 170 Å². The molecular formula is C25H24N2S. The first-order valence-corrected chi connectivity index (χ1v) is 11.0. The first kappa shape index (κ1) is 17.6. The number of nitrogens with zero attached hydrogens (tertiary/aromatic N) is 1. The quantitative estimate of drug-likeness (QED) is 0.514. The van der Waals surface area contributed by atoms with Crippen LogP contribution >= 0.6 is 11.3 Å². The molecule has 1 fully saturated rings. The van der Waals surface area contributed by atoms with E-state index in [1.807, 2.05) is 11.6 Å². The molecule has 0 aliphatic heterocycles. The van der Waals surface area contributed by atoms with Crippen LogP contribution in [0.4, 0.5) is 0 Å². The van der Waals surface area contributed by atoms with Gasteiger partial charge in [-0.2, -0.15) is 0 Å². The van der Waals surface area contributed by atoms with Crippen molar-refractivity contribution in [1.29, 1.82) is 5.41 Å². The average molecular weight is 385 g/mol. The van der Waals surface area contributed by atoms with Gasteiger partial charge in [0.05, 0.1) is 15.7 Å². The third-order valence-corrected chi connectivity index (χ3v) is 6.71. The van der Waals surface area contributed by atoms with Crippen molar-refractivity contribution in [2.45, 2.75) is 38.5 Å². The molecule has 1 unspecified atom stereocenters. The lowest BCUT2D eigenvalue weighted by Gasteiger charge is -2.24. The van der Waals surface area contributed by atoms with Gasteiger partial charge in [-0.15, -0.1) is 11.3 Å². The highest BCUT2D eigenvalue weighted by Crippen LogP contribution is 2.43. The standard InChI is InChI=1S/C25H24N2S/c1-16-4-2-7-21(26)14-22(19-10-11-23-24(13-19)28-15-27-23)25(16)20-6-3-5-18(12-20)17-8-9-17/h2-3,5-7,10-13,15-17,26H,4,8-9,14H2,1H3/b7-2+,25-22?,26-21?. The number of thiazole rings is 1. The Morgan fingerprint density at radius 1 is 1.07 bits per heavy atom. The fourth-order valence-corrected chi connectivity index (χ4v) is 5.03. The van der Waals surface area contributed by atoms with E-state index in [2.05, 4.69) is 60.4 Å². The molecule has 0 spiro atoms. The monoisotopic (exact) mass is 384 g/mol. The number of benzene rings is 2. The van der Waals surface area contributed by atoms with Gasteiger partial charge in [-0.25, -0.2) is 4.98 Å². The molecule has 0 amide bonds. The van der Waals surface area contributed by atoms with E-state index >= 15 is 0 Å². The number of rotatable bonds is 3. The highest BCUT2D eigenvalue weighted by atomic mass is 32.1. The molecule has 3 aromatic rings. The summed E-state index contributed by atoms with van der Waals surface area (Å²) in [5, 5.41) is 8.45. The van der Waals surface area contributed by atoms with Crippen LogP contribution in [-0.2, 0) is 0 Å². The molecule has 2 aliphatic rings. The molecule has 1 aromatic heterocycles. The summed E-state index contributed by atoms with van der Waals surface area (Å²) in [6.45, 7) is 2.32. The molecule has 1 heterocycles. The fourth-order valence-electron chi connectivity index (χ4n) is 4.31. The molecule has 2 aliphatic carbocycles. The molecule has 0 bridgehead atoms. The number of hydrogen-bond acceptors (Lipinski definition) is 3. The largest absolute Gasteiger partial charge is 0.305 e. The summed E-state index contributed by atoms with van der Waals surface area (Å²) in [6, 6.07) is 15.7. The number of aromatic nitrogens is 1. The Hall–Kier alpha value is -2.52. The van der Waals surface area contributed by atoms with Crippen LogP contribution in [0, 0.1) is 11.3 Å². The number of hydrogen-bond donors (Lipinski definition) is 1. The van der Waals surface area contributed by atoms with E-state index in [1.54, 1.807) is 11.3 Å². The van der Waals surface area contributed by atoms with Gasteiger partial charge in [0.15, 0.2) is 0 Å². The summed E-state index contributed by atoms with van der Waals surface area (Å²) in [5.74, 6) is 1.17. The normalized spacial score (nSPS) is 21.6. The van der Waals surface area contributed by atoms with E-state index in [-0.39, 0.29) is 0 Å². The topological polar surface area (TPSA) is 36.7 Å². The Kier molecular flexibility index (Phi) is 4.48. The van der Waals surface area contributed by atoms with Gasteiger partial charge in [0.25, 0.3) is 0 Å². The molecular weight excluding hydrogens is 360 g/mol. The van der Waals surface area contributed by atoms with Gasteiger partial charge in [0.1, 0.15) is 0 Å². The van der Waals surface area contributed by atoms with Crippen molar-refractivity contribution in [2.75, 3.05) is 0 Å². The zero-order valence-electron chi connectivity index (χ0n) is 16.1. The predicted octanol–water partition coefficient (Wildman–Crippen LogP) is 7.09. The lowest BCUT2D eigenvalue weighted by molar-refractivity contribution is 0.764. The summed E-state index contributed by atoms with van der Waals surface area (Å²) >= 11 is 1.69. The van der Waals surface area contributed by atoms with Crippen LogP contribution in [0.3, 0.4) is 0 Å². The average Bonchev–Trinajstić information content (AvgIpc) is 3.44. The second kappa shape index (κ2) is 7.14. The number of nitrogens with one attached hydrogen (secondary N) is 1. The van der Waals surface area contributed by atoms with E-state index in [0.29, 0.717) is 18.1 Å². The van der Waals surface area contributed by atoms with E-state index in [1.165, 1.54) is 45.4 Å². The molecule has 2 aromatic carbocycles. The van der Waals surface area contributed by atoms with Crippen molar-refractivity contribution in [3.63, 3.8) is 0 Å². The molecule has 28 heavy (non-hydrogen) atoms. The van der Waals surface area contributed by atoms with E-state index in [9.17, 15) is 0 Å². The second-order valence-corrected chi connectivity index (χ2v) is 8.95. The minimum Gasteiger partial charge on any atom is -0.305 e. The fraction of sp³-hybridized carbons (Fsp3) is 0.280. The van der Waals surface area contributed by atoms with Crippen molar-refractivity contribution in [3.05, 3.63) is 76.8 Å². The van der Waals surface area contributed by atoms with Crippen molar-refractivity contribution in [3.8, 4) is 0 Å². The molecule has 1 saturated carbocycles. The summed E-state index contributed by atoms with van der Waals surface area (Å²) in [7, 11) is 0. The minimum atomic E-state index is 0.422. The van der Waals surface area contributed by atoms with Gasteiger partial charge in [-0.3, -0.25) is 0 Å². The summed E-state index contributed by atoms with van der Waals surface area (Å²) in [5.41, 5.74) is 10.4. The molecule has 0 saturated heterocycles. The van der Waals surface area contributed by atoms with Gasteiger partial charge < -0.3 is 5.41 Å². The molecule has 140 valence electrons. The Morgan fingerprint density at radius 3 is 2.82 bits per heavy atom. The van der Waals surface area contributed by atoms with E-state index in [4.69, 9.17) is 5.41 Å². The van der Waals surface area contributed by atoms with Gasteiger partial charge in [-0.1, -0.05) is 43.3 Å². The van der Waals surface area contributed by atoms with Crippen molar-refractivity contribution >= 4 is 38.4 Å². The van der Waals surface area contributed by atoms with Crippen LogP contribution in [0.15, 0.2) is 60.1 Å². The molecule has 1 atom stereocenters. The predicted molar refractivity (Wildman–Crippen MR) is 120 cm³/mol. The molecule has 0 radical (unpaired) electrons. The molecule has 3 heteroatoms. The van der Waals surface area contributed by atoms with Crippen molar-refractivity contribution in [2.24, 2.45) is 5.92 Å². The molecule has 5 rings (SSSR count). The minimum absolute atomic E-state index is 0.422. The van der Waals surface area contributed by atoms with Crippen LogP contribution in [0.25, 0.3) is 21.4 Å². The lowest BCUT2D eigenvalue weighted by atomic mass is 9.81. The third-order valence-electron chi connectivity index (χ3n) is 5.92. The van der Waals surface area contributed by atoms with Gasteiger partial charge in [0.2, 0.25) is 0 Å². The van der Waals surface area contributed by atoms with E-state index < -0.39 is 0 Å². The number of fused-ring (bicyclic) bond motifs is 1. The zero-order chi connectivity index (χ0) is 19.1. The Morgan fingerprint density at radius 2 is 1.96 bits per heavy atom. The summed E-state index contributed by atoms with van der Waals surface area (Å²) in [6.07, 6.45) is 8.44. The molecule has 1 N–H and O–H groups in total. The second-order valence-electron chi connectivity index (χ2n) is 8.07. The van der Waals surface area contributed by atoms with Gasteiger partial charge in [-0.05, 0) is 77.1 Å². The maximum absolute atomic E-state index is 8.45. The maximum atomic E-state index is 8.45. The summed E-state index contributed by atoms with van der Waals surface area (Å²) in [4.78, 5) is 4.43. The SMILES string of the molecule is CC1C/C=C/C(=N)CC(c2ccc3ncsc3c2)=C1c1cccc(C2CC2)c1. The lowest BCUT2D eigenvalue weighted by Crippen LogP contribution is -2.08. The van der Waals surface area contributed by atoms with Crippen molar-refractivity contribution in [1.82, 2.24) is 4.98 Å². The Bertz CT molecular complexity index is 1110. The molecule has 2 nitrogen and oxygen atoms in total. The van der Waals surface area contributed by atoms with Gasteiger partial charge >= 0.3 is 0 Å². The van der Waals surface area contributed by atoms with Gasteiger partial charge in [0, 0.05) is 12.1 Å². The smallest absolute Gasteiger partial charge is 0.0812 e. The van der Waals surface area contributed by atoms with Crippen molar-refractivity contribution < 1.29 is 0 Å². The Balaban J connectivity index is 1.71. The third kappa shape index (κ3) is 3.35. The van der Waals surface area contributed by atoms with Crippen LogP contribution in [0.1, 0.15) is 55.2 Å².